The fraction of sp³-hybridized carbons (Fsp3) is 0.538. The zero-order chi connectivity index (χ0) is 12.7. The molecule has 1 N–H and O–H groups in total. The van der Waals surface area contributed by atoms with Gasteiger partial charge >= 0.3 is 0 Å². The van der Waals surface area contributed by atoms with Gasteiger partial charge in [0, 0.05) is 6.61 Å². The lowest BCUT2D eigenvalue weighted by Crippen LogP contribution is -2.09. The van der Waals surface area contributed by atoms with E-state index in [0.29, 0.717) is 12.8 Å². The minimum absolute atomic E-state index is 0.117. The van der Waals surface area contributed by atoms with Crippen LogP contribution in [0.4, 0.5) is 0 Å². The topological polar surface area (TPSA) is 54.4 Å². The second-order valence-corrected chi connectivity index (χ2v) is 6.55. The molecule has 1 aromatic rings. The summed E-state index contributed by atoms with van der Waals surface area (Å²) in [6.45, 7) is 2.12. The van der Waals surface area contributed by atoms with E-state index in [9.17, 15) is 8.42 Å². The largest absolute Gasteiger partial charge is 0.396 e. The van der Waals surface area contributed by atoms with Crippen LogP contribution in [-0.4, -0.2) is 25.9 Å². The fourth-order valence-corrected chi connectivity index (χ4v) is 3.11. The Labute approximate surface area is 103 Å². The summed E-state index contributed by atoms with van der Waals surface area (Å²) in [6, 6.07) is 7.58. The van der Waals surface area contributed by atoms with Gasteiger partial charge in [0.05, 0.1) is 11.5 Å². The zero-order valence-electron chi connectivity index (χ0n) is 10.2. The zero-order valence-corrected chi connectivity index (χ0v) is 11.0. The highest BCUT2D eigenvalue weighted by molar-refractivity contribution is 7.90. The Morgan fingerprint density at radius 1 is 1.06 bits per heavy atom. The molecule has 4 heteroatoms. The predicted molar refractivity (Wildman–Crippen MR) is 69.6 cm³/mol. The first-order valence-corrected chi connectivity index (χ1v) is 7.72. The van der Waals surface area contributed by atoms with Gasteiger partial charge in [-0.1, -0.05) is 36.2 Å². The summed E-state index contributed by atoms with van der Waals surface area (Å²) in [4.78, 5) is 0. The summed E-state index contributed by atoms with van der Waals surface area (Å²) in [5.74, 6) is 0.327. The molecule has 0 radical (unpaired) electrons. The van der Waals surface area contributed by atoms with E-state index in [-0.39, 0.29) is 18.1 Å². The van der Waals surface area contributed by atoms with E-state index in [1.54, 1.807) is 0 Å². The Morgan fingerprint density at radius 3 is 2.29 bits per heavy atom. The van der Waals surface area contributed by atoms with Crippen molar-refractivity contribution in [2.24, 2.45) is 0 Å². The van der Waals surface area contributed by atoms with Crippen molar-refractivity contribution >= 4 is 9.84 Å². The van der Waals surface area contributed by atoms with Gasteiger partial charge < -0.3 is 5.11 Å². The molecule has 0 bridgehead atoms. The molecule has 0 aliphatic carbocycles. The van der Waals surface area contributed by atoms with Gasteiger partial charge in [-0.3, -0.25) is 0 Å². The van der Waals surface area contributed by atoms with E-state index in [1.807, 2.05) is 31.2 Å². The summed E-state index contributed by atoms with van der Waals surface area (Å²) in [5.41, 5.74) is 1.98. The molecule has 0 saturated heterocycles. The first-order valence-electron chi connectivity index (χ1n) is 5.90. The van der Waals surface area contributed by atoms with Crippen molar-refractivity contribution in [1.29, 1.82) is 0 Å². The first kappa shape index (κ1) is 14.2. The number of hydrogen-bond acceptors (Lipinski definition) is 3. The lowest BCUT2D eigenvalue weighted by atomic mass is 10.2. The number of aryl methyl sites for hydroxylation is 1. The molecule has 0 amide bonds. The lowest BCUT2D eigenvalue weighted by Gasteiger charge is -2.04. The van der Waals surface area contributed by atoms with Gasteiger partial charge in [-0.25, -0.2) is 8.42 Å². The number of unbranched alkanes of at least 4 members (excludes halogenated alkanes) is 2. The molecule has 3 nitrogen and oxygen atoms in total. The van der Waals surface area contributed by atoms with Gasteiger partial charge in [0.25, 0.3) is 0 Å². The molecule has 0 atom stereocenters. The molecule has 0 aliphatic rings. The van der Waals surface area contributed by atoms with Crippen LogP contribution in [0.1, 0.15) is 30.4 Å². The standard InChI is InChI=1S/C13H20O3S/c1-12-5-7-13(8-6-12)11-17(15,16)10-4-2-3-9-14/h5-8,14H,2-4,9-11H2,1H3. The Hall–Kier alpha value is -0.870. The van der Waals surface area contributed by atoms with E-state index in [2.05, 4.69) is 0 Å². The molecule has 0 aliphatic heterocycles. The maximum Gasteiger partial charge on any atom is 0.154 e. The van der Waals surface area contributed by atoms with Gasteiger partial charge in [-0.05, 0) is 25.3 Å². The van der Waals surface area contributed by atoms with Crippen LogP contribution >= 0.6 is 0 Å². The fourth-order valence-electron chi connectivity index (χ4n) is 1.62. The summed E-state index contributed by atoms with van der Waals surface area (Å²) >= 11 is 0. The van der Waals surface area contributed by atoms with Crippen LogP contribution in [0.3, 0.4) is 0 Å². The van der Waals surface area contributed by atoms with Crippen LogP contribution in [0.2, 0.25) is 0 Å². The molecule has 96 valence electrons. The average Bonchev–Trinajstić information content (AvgIpc) is 2.27. The molecule has 0 heterocycles. The van der Waals surface area contributed by atoms with Gasteiger partial charge in [0.15, 0.2) is 9.84 Å². The van der Waals surface area contributed by atoms with Crippen LogP contribution in [0.25, 0.3) is 0 Å². The van der Waals surface area contributed by atoms with Crippen LogP contribution < -0.4 is 0 Å². The maximum absolute atomic E-state index is 11.8. The van der Waals surface area contributed by atoms with Crippen LogP contribution in [0.15, 0.2) is 24.3 Å². The normalized spacial score (nSPS) is 11.6. The number of hydrogen-bond donors (Lipinski definition) is 1. The Morgan fingerprint density at radius 2 is 1.71 bits per heavy atom. The van der Waals surface area contributed by atoms with E-state index in [4.69, 9.17) is 5.11 Å². The van der Waals surface area contributed by atoms with Crippen molar-refractivity contribution in [3.63, 3.8) is 0 Å². The highest BCUT2D eigenvalue weighted by atomic mass is 32.2. The minimum atomic E-state index is -3.01. The minimum Gasteiger partial charge on any atom is -0.396 e. The number of benzene rings is 1. The number of rotatable bonds is 7. The highest BCUT2D eigenvalue weighted by Crippen LogP contribution is 2.10. The van der Waals surface area contributed by atoms with E-state index in [0.717, 1.165) is 17.5 Å². The van der Waals surface area contributed by atoms with Crippen LogP contribution in [0.5, 0.6) is 0 Å². The summed E-state index contributed by atoms with van der Waals surface area (Å²) in [6.07, 6.45) is 2.08. The van der Waals surface area contributed by atoms with E-state index in [1.165, 1.54) is 0 Å². The average molecular weight is 256 g/mol. The molecule has 0 saturated carbocycles. The molecule has 0 aromatic heterocycles. The highest BCUT2D eigenvalue weighted by Gasteiger charge is 2.11. The third-order valence-corrected chi connectivity index (χ3v) is 4.30. The maximum atomic E-state index is 11.8. The summed E-state index contributed by atoms with van der Waals surface area (Å²) in [5, 5.41) is 8.61. The monoisotopic (exact) mass is 256 g/mol. The number of aliphatic hydroxyl groups is 1. The van der Waals surface area contributed by atoms with Crippen molar-refractivity contribution in [2.75, 3.05) is 12.4 Å². The van der Waals surface area contributed by atoms with Crippen molar-refractivity contribution in [2.45, 2.75) is 31.9 Å². The Kier molecular flexibility index (Phi) is 5.65. The number of aliphatic hydroxyl groups excluding tert-OH is 1. The van der Waals surface area contributed by atoms with E-state index < -0.39 is 9.84 Å². The van der Waals surface area contributed by atoms with Crippen molar-refractivity contribution in [3.8, 4) is 0 Å². The van der Waals surface area contributed by atoms with Crippen molar-refractivity contribution < 1.29 is 13.5 Å². The quantitative estimate of drug-likeness (QED) is 0.760. The van der Waals surface area contributed by atoms with Gasteiger partial charge in [0.2, 0.25) is 0 Å². The van der Waals surface area contributed by atoms with Gasteiger partial charge in [-0.2, -0.15) is 0 Å². The molecule has 1 aromatic carbocycles. The number of sulfone groups is 1. The third-order valence-electron chi connectivity index (χ3n) is 2.62. The lowest BCUT2D eigenvalue weighted by molar-refractivity contribution is 0.284. The molecular weight excluding hydrogens is 236 g/mol. The Bertz CT molecular complexity index is 420. The molecule has 0 unspecified atom stereocenters. The summed E-state index contributed by atoms with van der Waals surface area (Å²) in [7, 11) is -3.01. The summed E-state index contributed by atoms with van der Waals surface area (Å²) < 4.78 is 23.6. The van der Waals surface area contributed by atoms with Gasteiger partial charge in [0.1, 0.15) is 0 Å². The second-order valence-electron chi connectivity index (χ2n) is 4.36. The molecular formula is C13H20O3S. The smallest absolute Gasteiger partial charge is 0.154 e. The first-order chi connectivity index (χ1) is 8.03. The molecule has 0 fully saturated rings. The van der Waals surface area contributed by atoms with Crippen LogP contribution in [0, 0.1) is 6.92 Å². The second kappa shape index (κ2) is 6.77. The third kappa shape index (κ3) is 5.84. The van der Waals surface area contributed by atoms with Crippen molar-refractivity contribution in [1.82, 2.24) is 0 Å². The molecule has 17 heavy (non-hydrogen) atoms. The Balaban J connectivity index is 2.46. The molecule has 0 spiro atoms. The van der Waals surface area contributed by atoms with Crippen LogP contribution in [-0.2, 0) is 15.6 Å². The predicted octanol–water partition coefficient (Wildman–Crippen LogP) is 2.07. The van der Waals surface area contributed by atoms with E-state index >= 15 is 0 Å². The van der Waals surface area contributed by atoms with Gasteiger partial charge in [-0.15, -0.1) is 0 Å². The SMILES string of the molecule is Cc1ccc(CS(=O)(=O)CCCCCO)cc1. The molecule has 1 rings (SSSR count). The van der Waals surface area contributed by atoms with Crippen molar-refractivity contribution in [3.05, 3.63) is 35.4 Å².